The van der Waals surface area contributed by atoms with Gasteiger partial charge >= 0.3 is 0 Å². The second-order valence-corrected chi connectivity index (χ2v) is 5.15. The molecular weight excluding hydrogens is 262 g/mol. The molecule has 0 aliphatic heterocycles. The SMILES string of the molecule is COCC(C)NC(=O)c1ccccc1Cc1ccccc1. The topological polar surface area (TPSA) is 38.3 Å². The van der Waals surface area contributed by atoms with Crippen molar-refractivity contribution in [3.63, 3.8) is 0 Å². The molecule has 21 heavy (non-hydrogen) atoms. The first-order valence-electron chi connectivity index (χ1n) is 7.12. The van der Waals surface area contributed by atoms with Gasteiger partial charge in [-0.15, -0.1) is 0 Å². The Morgan fingerprint density at radius 2 is 1.76 bits per heavy atom. The molecule has 1 amide bonds. The van der Waals surface area contributed by atoms with Crippen LogP contribution < -0.4 is 5.32 Å². The van der Waals surface area contributed by atoms with Gasteiger partial charge in [0.2, 0.25) is 0 Å². The highest BCUT2D eigenvalue weighted by atomic mass is 16.5. The normalized spacial score (nSPS) is 11.9. The monoisotopic (exact) mass is 283 g/mol. The molecule has 0 saturated heterocycles. The highest BCUT2D eigenvalue weighted by Gasteiger charge is 2.13. The molecule has 0 fully saturated rings. The van der Waals surface area contributed by atoms with Crippen molar-refractivity contribution in [2.45, 2.75) is 19.4 Å². The first-order valence-corrected chi connectivity index (χ1v) is 7.12. The molecule has 0 aromatic heterocycles. The van der Waals surface area contributed by atoms with E-state index in [-0.39, 0.29) is 11.9 Å². The van der Waals surface area contributed by atoms with E-state index in [2.05, 4.69) is 17.4 Å². The van der Waals surface area contributed by atoms with Gasteiger partial charge in [-0.3, -0.25) is 4.79 Å². The van der Waals surface area contributed by atoms with E-state index in [1.165, 1.54) is 5.56 Å². The van der Waals surface area contributed by atoms with Gasteiger partial charge < -0.3 is 10.1 Å². The van der Waals surface area contributed by atoms with Crippen molar-refractivity contribution in [1.82, 2.24) is 5.32 Å². The summed E-state index contributed by atoms with van der Waals surface area (Å²) in [6.45, 7) is 2.44. The second kappa shape index (κ2) is 7.60. The van der Waals surface area contributed by atoms with Gasteiger partial charge in [-0.2, -0.15) is 0 Å². The summed E-state index contributed by atoms with van der Waals surface area (Å²) in [5, 5.41) is 2.96. The van der Waals surface area contributed by atoms with Gasteiger partial charge in [-0.1, -0.05) is 48.5 Å². The zero-order valence-electron chi connectivity index (χ0n) is 12.5. The molecule has 0 saturated carbocycles. The molecule has 3 nitrogen and oxygen atoms in total. The van der Waals surface area contributed by atoms with Crippen molar-refractivity contribution >= 4 is 5.91 Å². The fourth-order valence-electron chi connectivity index (χ4n) is 2.30. The summed E-state index contributed by atoms with van der Waals surface area (Å²) in [5.41, 5.74) is 2.96. The lowest BCUT2D eigenvalue weighted by atomic mass is 9.99. The summed E-state index contributed by atoms with van der Waals surface area (Å²) in [6, 6.07) is 17.9. The predicted molar refractivity (Wildman–Crippen MR) is 84.5 cm³/mol. The van der Waals surface area contributed by atoms with Gasteiger partial charge in [-0.25, -0.2) is 0 Å². The standard InChI is InChI=1S/C18H21NO2/c1-14(13-21-2)19-18(20)17-11-7-6-10-16(17)12-15-8-4-3-5-9-15/h3-11,14H,12-13H2,1-2H3,(H,19,20). The second-order valence-electron chi connectivity index (χ2n) is 5.15. The maximum Gasteiger partial charge on any atom is 0.251 e. The first-order chi connectivity index (χ1) is 10.2. The summed E-state index contributed by atoms with van der Waals surface area (Å²) in [4.78, 5) is 12.4. The third-order valence-corrected chi connectivity index (χ3v) is 3.29. The molecule has 1 unspecified atom stereocenters. The largest absolute Gasteiger partial charge is 0.383 e. The van der Waals surface area contributed by atoms with Crippen LogP contribution in [0, 0.1) is 0 Å². The van der Waals surface area contributed by atoms with E-state index in [1.54, 1.807) is 7.11 Å². The van der Waals surface area contributed by atoms with Gasteiger partial charge in [0, 0.05) is 18.7 Å². The zero-order valence-corrected chi connectivity index (χ0v) is 12.5. The smallest absolute Gasteiger partial charge is 0.251 e. The molecular formula is C18H21NO2. The van der Waals surface area contributed by atoms with E-state index < -0.39 is 0 Å². The number of carbonyl (C=O) groups is 1. The number of ether oxygens (including phenoxy) is 1. The Hall–Kier alpha value is -2.13. The number of carbonyl (C=O) groups excluding carboxylic acids is 1. The molecule has 1 atom stereocenters. The zero-order chi connectivity index (χ0) is 15.1. The minimum Gasteiger partial charge on any atom is -0.383 e. The minimum atomic E-state index is -0.0499. The van der Waals surface area contributed by atoms with Gasteiger partial charge in [0.1, 0.15) is 0 Å². The van der Waals surface area contributed by atoms with Crippen molar-refractivity contribution in [3.05, 3.63) is 71.3 Å². The Kier molecular flexibility index (Phi) is 5.52. The van der Waals surface area contributed by atoms with Crippen LogP contribution in [0.5, 0.6) is 0 Å². The van der Waals surface area contributed by atoms with Crippen molar-refractivity contribution in [3.8, 4) is 0 Å². The number of methoxy groups -OCH3 is 1. The molecule has 0 bridgehead atoms. The highest BCUT2D eigenvalue weighted by Crippen LogP contribution is 2.14. The van der Waals surface area contributed by atoms with Crippen LogP contribution in [0.25, 0.3) is 0 Å². The summed E-state index contributed by atoms with van der Waals surface area (Å²) in [5.74, 6) is -0.0499. The first kappa shape index (κ1) is 15.3. The Balaban J connectivity index is 2.15. The predicted octanol–water partition coefficient (Wildman–Crippen LogP) is 3.04. The van der Waals surface area contributed by atoms with Crippen LogP contribution in [0.15, 0.2) is 54.6 Å². The molecule has 0 radical (unpaired) electrons. The average molecular weight is 283 g/mol. The Morgan fingerprint density at radius 3 is 2.48 bits per heavy atom. The summed E-state index contributed by atoms with van der Waals surface area (Å²) >= 11 is 0. The molecule has 0 spiro atoms. The van der Waals surface area contributed by atoms with Crippen molar-refractivity contribution in [2.75, 3.05) is 13.7 Å². The number of benzene rings is 2. The van der Waals surface area contributed by atoms with E-state index >= 15 is 0 Å². The van der Waals surface area contributed by atoms with Crippen LogP contribution in [-0.2, 0) is 11.2 Å². The van der Waals surface area contributed by atoms with Gasteiger partial charge in [-0.05, 0) is 30.5 Å². The van der Waals surface area contributed by atoms with Gasteiger partial charge in [0.25, 0.3) is 5.91 Å². The number of hydrogen-bond acceptors (Lipinski definition) is 2. The number of nitrogens with one attached hydrogen (secondary N) is 1. The lowest BCUT2D eigenvalue weighted by Gasteiger charge is -2.15. The lowest BCUT2D eigenvalue weighted by molar-refractivity contribution is 0.0905. The quantitative estimate of drug-likeness (QED) is 0.885. The van der Waals surface area contributed by atoms with E-state index in [1.807, 2.05) is 49.4 Å². The number of amides is 1. The Labute approximate surface area is 126 Å². The van der Waals surface area contributed by atoms with E-state index in [9.17, 15) is 4.79 Å². The van der Waals surface area contributed by atoms with Gasteiger partial charge in [0.05, 0.1) is 6.61 Å². The Bertz CT molecular complexity index is 581. The summed E-state index contributed by atoms with van der Waals surface area (Å²) < 4.78 is 5.05. The van der Waals surface area contributed by atoms with Crippen molar-refractivity contribution < 1.29 is 9.53 Å². The van der Waals surface area contributed by atoms with Crippen LogP contribution in [0.1, 0.15) is 28.4 Å². The van der Waals surface area contributed by atoms with Crippen LogP contribution in [0.4, 0.5) is 0 Å². The third kappa shape index (κ3) is 4.43. The van der Waals surface area contributed by atoms with Crippen molar-refractivity contribution in [2.24, 2.45) is 0 Å². The maximum atomic E-state index is 12.4. The van der Waals surface area contributed by atoms with E-state index in [0.717, 1.165) is 17.5 Å². The lowest BCUT2D eigenvalue weighted by Crippen LogP contribution is -2.36. The molecule has 1 N–H and O–H groups in total. The maximum absolute atomic E-state index is 12.4. The van der Waals surface area contributed by atoms with Crippen molar-refractivity contribution in [1.29, 1.82) is 0 Å². The molecule has 0 aliphatic carbocycles. The van der Waals surface area contributed by atoms with Crippen LogP contribution >= 0.6 is 0 Å². The third-order valence-electron chi connectivity index (χ3n) is 3.29. The molecule has 2 aromatic rings. The molecule has 0 aliphatic rings. The van der Waals surface area contributed by atoms with Gasteiger partial charge in [0.15, 0.2) is 0 Å². The van der Waals surface area contributed by atoms with Crippen LogP contribution in [0.2, 0.25) is 0 Å². The number of hydrogen-bond donors (Lipinski definition) is 1. The molecule has 110 valence electrons. The molecule has 0 heterocycles. The molecule has 2 rings (SSSR count). The average Bonchev–Trinajstić information content (AvgIpc) is 2.49. The highest BCUT2D eigenvalue weighted by molar-refractivity contribution is 5.96. The molecule has 3 heteroatoms. The fourth-order valence-corrected chi connectivity index (χ4v) is 2.30. The van der Waals surface area contributed by atoms with E-state index in [4.69, 9.17) is 4.74 Å². The summed E-state index contributed by atoms with van der Waals surface area (Å²) in [7, 11) is 1.63. The van der Waals surface area contributed by atoms with Crippen LogP contribution in [0.3, 0.4) is 0 Å². The van der Waals surface area contributed by atoms with Crippen LogP contribution in [-0.4, -0.2) is 25.7 Å². The fraction of sp³-hybridized carbons (Fsp3) is 0.278. The molecule has 2 aromatic carbocycles. The minimum absolute atomic E-state index is 0.00715. The number of rotatable bonds is 6. The van der Waals surface area contributed by atoms with E-state index in [0.29, 0.717) is 6.61 Å². The summed E-state index contributed by atoms with van der Waals surface area (Å²) in [6.07, 6.45) is 0.753. The Morgan fingerprint density at radius 1 is 1.10 bits per heavy atom.